The van der Waals surface area contributed by atoms with Crippen molar-refractivity contribution in [3.05, 3.63) is 17.8 Å². The molecule has 0 aliphatic rings. The molecule has 0 unspecified atom stereocenters. The van der Waals surface area contributed by atoms with Crippen LogP contribution in [0.15, 0.2) is 12.1 Å². The third-order valence-corrected chi connectivity index (χ3v) is 2.03. The molecule has 0 saturated heterocycles. The summed E-state index contributed by atoms with van der Waals surface area (Å²) in [4.78, 5) is 6.25. The van der Waals surface area contributed by atoms with Crippen LogP contribution in [0, 0.1) is 6.92 Å². The van der Waals surface area contributed by atoms with Crippen molar-refractivity contribution in [2.75, 3.05) is 33.0 Å². The van der Waals surface area contributed by atoms with Crippen molar-refractivity contribution in [1.82, 2.24) is 9.88 Å². The molecule has 0 aromatic carbocycles. The highest BCUT2D eigenvalue weighted by Crippen LogP contribution is 2.18. The Bertz CT molecular complexity index is 313. The van der Waals surface area contributed by atoms with Crippen molar-refractivity contribution in [1.29, 1.82) is 0 Å². The molecule has 0 radical (unpaired) electrons. The number of ether oxygens (including phenoxy) is 1. The molecule has 84 valence electrons. The Hall–Kier alpha value is -1.29. The molecule has 4 nitrogen and oxygen atoms in total. The predicted octanol–water partition coefficient (Wildman–Crippen LogP) is 1.30. The van der Waals surface area contributed by atoms with Gasteiger partial charge in [0.1, 0.15) is 0 Å². The first-order valence-corrected chi connectivity index (χ1v) is 5.10. The van der Waals surface area contributed by atoms with Crippen LogP contribution < -0.4 is 10.5 Å². The Balaban J connectivity index is 2.37. The van der Waals surface area contributed by atoms with Gasteiger partial charge in [0, 0.05) is 12.2 Å². The van der Waals surface area contributed by atoms with Gasteiger partial charge in [-0.25, -0.2) is 4.98 Å². The monoisotopic (exact) mass is 209 g/mol. The zero-order valence-corrected chi connectivity index (χ0v) is 9.66. The summed E-state index contributed by atoms with van der Waals surface area (Å²) in [7, 11) is 4.09. The van der Waals surface area contributed by atoms with Gasteiger partial charge in [0.15, 0.2) is 11.6 Å². The number of hydrogen-bond donors (Lipinski definition) is 1. The molecule has 2 N–H and O–H groups in total. The topological polar surface area (TPSA) is 51.4 Å². The van der Waals surface area contributed by atoms with Crippen molar-refractivity contribution in [3.63, 3.8) is 0 Å². The molecule has 1 heterocycles. The minimum Gasteiger partial charge on any atom is -0.490 e. The second kappa shape index (κ2) is 5.56. The van der Waals surface area contributed by atoms with Gasteiger partial charge in [-0.3, -0.25) is 0 Å². The largest absolute Gasteiger partial charge is 0.490 e. The Kier molecular flexibility index (Phi) is 4.37. The molecule has 1 aromatic heterocycles. The lowest BCUT2D eigenvalue weighted by molar-refractivity contribution is 0.282. The van der Waals surface area contributed by atoms with Crippen LogP contribution in [0.25, 0.3) is 0 Å². The molecule has 15 heavy (non-hydrogen) atoms. The van der Waals surface area contributed by atoms with Gasteiger partial charge in [-0.15, -0.1) is 0 Å². The third kappa shape index (κ3) is 4.16. The standard InChI is InChI=1S/C11H19N3O/c1-9-5-6-10(11(12)13-9)15-8-4-7-14(2)3/h5-6H,4,7-8H2,1-3H3,(H2,12,13). The van der Waals surface area contributed by atoms with Gasteiger partial charge in [-0.1, -0.05) is 0 Å². The van der Waals surface area contributed by atoms with Crippen LogP contribution in [0.3, 0.4) is 0 Å². The van der Waals surface area contributed by atoms with Gasteiger partial charge in [-0.2, -0.15) is 0 Å². The van der Waals surface area contributed by atoms with Crippen molar-refractivity contribution in [2.45, 2.75) is 13.3 Å². The summed E-state index contributed by atoms with van der Waals surface area (Å²) in [5, 5.41) is 0. The summed E-state index contributed by atoms with van der Waals surface area (Å²) in [6.07, 6.45) is 0.986. The molecule has 0 atom stereocenters. The van der Waals surface area contributed by atoms with E-state index in [1.54, 1.807) is 0 Å². The van der Waals surface area contributed by atoms with E-state index in [0.29, 0.717) is 18.2 Å². The van der Waals surface area contributed by atoms with E-state index in [-0.39, 0.29) is 0 Å². The van der Waals surface area contributed by atoms with Gasteiger partial charge in [0.2, 0.25) is 0 Å². The Labute approximate surface area is 91.1 Å². The van der Waals surface area contributed by atoms with Crippen LogP contribution in [0.4, 0.5) is 5.82 Å². The first kappa shape index (κ1) is 11.8. The molecule has 0 aliphatic carbocycles. The van der Waals surface area contributed by atoms with Gasteiger partial charge in [0.25, 0.3) is 0 Å². The Morgan fingerprint density at radius 1 is 1.40 bits per heavy atom. The summed E-state index contributed by atoms with van der Waals surface area (Å²) in [5.41, 5.74) is 6.63. The normalized spacial score (nSPS) is 10.7. The van der Waals surface area contributed by atoms with E-state index in [1.807, 2.05) is 33.2 Å². The fourth-order valence-electron chi connectivity index (χ4n) is 1.25. The maximum atomic E-state index is 5.72. The Morgan fingerprint density at radius 3 is 2.73 bits per heavy atom. The first-order chi connectivity index (χ1) is 7.09. The lowest BCUT2D eigenvalue weighted by atomic mass is 10.3. The van der Waals surface area contributed by atoms with Crippen LogP contribution in [0.2, 0.25) is 0 Å². The molecule has 0 fully saturated rings. The molecule has 0 bridgehead atoms. The molecular formula is C11H19N3O. The van der Waals surface area contributed by atoms with Gasteiger partial charge in [-0.05, 0) is 39.6 Å². The average Bonchev–Trinajstić information content (AvgIpc) is 2.14. The zero-order valence-electron chi connectivity index (χ0n) is 9.66. The third-order valence-electron chi connectivity index (χ3n) is 2.03. The highest BCUT2D eigenvalue weighted by molar-refractivity contribution is 5.46. The summed E-state index contributed by atoms with van der Waals surface area (Å²) in [6.45, 7) is 3.60. The fraction of sp³-hybridized carbons (Fsp3) is 0.545. The molecule has 4 heteroatoms. The molecule has 0 saturated carbocycles. The number of nitrogens with two attached hydrogens (primary N) is 1. The highest BCUT2D eigenvalue weighted by Gasteiger charge is 2.01. The molecule has 0 amide bonds. The summed E-state index contributed by atoms with van der Waals surface area (Å²) >= 11 is 0. The van der Waals surface area contributed by atoms with Crippen LogP contribution in [-0.2, 0) is 0 Å². The maximum absolute atomic E-state index is 5.72. The van der Waals surface area contributed by atoms with E-state index < -0.39 is 0 Å². The number of aromatic nitrogens is 1. The molecule has 1 aromatic rings. The number of pyridine rings is 1. The lowest BCUT2D eigenvalue weighted by Gasteiger charge is -2.11. The highest BCUT2D eigenvalue weighted by atomic mass is 16.5. The number of nitrogens with zero attached hydrogens (tertiary/aromatic N) is 2. The van der Waals surface area contributed by atoms with Gasteiger partial charge < -0.3 is 15.4 Å². The van der Waals surface area contributed by atoms with Crippen LogP contribution >= 0.6 is 0 Å². The van der Waals surface area contributed by atoms with Gasteiger partial charge >= 0.3 is 0 Å². The number of hydrogen-bond acceptors (Lipinski definition) is 4. The van der Waals surface area contributed by atoms with Crippen LogP contribution in [0.1, 0.15) is 12.1 Å². The van der Waals surface area contributed by atoms with E-state index in [2.05, 4.69) is 9.88 Å². The number of nitrogen functional groups attached to an aromatic ring is 1. The predicted molar refractivity (Wildman–Crippen MR) is 62.1 cm³/mol. The van der Waals surface area contributed by atoms with E-state index in [9.17, 15) is 0 Å². The van der Waals surface area contributed by atoms with E-state index in [4.69, 9.17) is 10.5 Å². The average molecular weight is 209 g/mol. The van der Waals surface area contributed by atoms with Crippen molar-refractivity contribution < 1.29 is 4.74 Å². The first-order valence-electron chi connectivity index (χ1n) is 5.10. The minimum absolute atomic E-state index is 0.472. The number of anilines is 1. The molecule has 0 spiro atoms. The van der Waals surface area contributed by atoms with Gasteiger partial charge in [0.05, 0.1) is 6.61 Å². The second-order valence-electron chi connectivity index (χ2n) is 3.84. The van der Waals surface area contributed by atoms with Crippen LogP contribution in [-0.4, -0.2) is 37.1 Å². The quantitative estimate of drug-likeness (QED) is 0.743. The SMILES string of the molecule is Cc1ccc(OCCCN(C)C)c(N)n1. The van der Waals surface area contributed by atoms with Crippen LogP contribution in [0.5, 0.6) is 5.75 Å². The molecule has 1 rings (SSSR count). The van der Waals surface area contributed by atoms with Crippen molar-refractivity contribution in [2.24, 2.45) is 0 Å². The number of rotatable bonds is 5. The summed E-state index contributed by atoms with van der Waals surface area (Å²) in [5.74, 6) is 1.15. The second-order valence-corrected chi connectivity index (χ2v) is 3.84. The molecule has 0 aliphatic heterocycles. The summed E-state index contributed by atoms with van der Waals surface area (Å²) in [6, 6.07) is 3.77. The lowest BCUT2D eigenvalue weighted by Crippen LogP contribution is -2.15. The van der Waals surface area contributed by atoms with Crippen molar-refractivity contribution >= 4 is 5.82 Å². The van der Waals surface area contributed by atoms with E-state index in [1.165, 1.54) is 0 Å². The van der Waals surface area contributed by atoms with Crippen molar-refractivity contribution in [3.8, 4) is 5.75 Å². The number of aryl methyl sites for hydroxylation is 1. The Morgan fingerprint density at radius 2 is 2.13 bits per heavy atom. The molecular weight excluding hydrogens is 190 g/mol. The fourth-order valence-corrected chi connectivity index (χ4v) is 1.25. The maximum Gasteiger partial charge on any atom is 0.166 e. The minimum atomic E-state index is 0.472. The zero-order chi connectivity index (χ0) is 11.3. The smallest absolute Gasteiger partial charge is 0.166 e. The van der Waals surface area contributed by atoms with E-state index >= 15 is 0 Å². The van der Waals surface area contributed by atoms with E-state index in [0.717, 1.165) is 18.7 Å². The summed E-state index contributed by atoms with van der Waals surface area (Å²) < 4.78 is 5.53.